The van der Waals surface area contributed by atoms with E-state index in [4.69, 9.17) is 20.9 Å². The van der Waals surface area contributed by atoms with Gasteiger partial charge < -0.3 is 14.6 Å². The van der Waals surface area contributed by atoms with Crippen molar-refractivity contribution in [3.05, 3.63) is 87.3 Å². The number of nitrogens with zero attached hydrogens (tertiary/aromatic N) is 1. The lowest BCUT2D eigenvalue weighted by Gasteiger charge is -2.09. The summed E-state index contributed by atoms with van der Waals surface area (Å²) in [6, 6.07) is 21.5. The molecule has 30 heavy (non-hydrogen) atoms. The van der Waals surface area contributed by atoms with Gasteiger partial charge in [-0.2, -0.15) is 0 Å². The molecule has 5 nitrogen and oxygen atoms in total. The lowest BCUT2D eigenvalue weighted by molar-refractivity contribution is 0.0951. The highest BCUT2D eigenvalue weighted by atomic mass is 35.5. The molecule has 2 aromatic heterocycles. The SMILES string of the molecule is COCc1ccccc1-c1ccc(-c2cc(CNC(=O)c3ccc(Cl)s3)on2)cc1. The van der Waals surface area contributed by atoms with Crippen LogP contribution in [-0.4, -0.2) is 18.2 Å². The summed E-state index contributed by atoms with van der Waals surface area (Å²) >= 11 is 7.11. The summed E-state index contributed by atoms with van der Waals surface area (Å²) in [5, 5.41) is 6.94. The molecule has 0 saturated carbocycles. The number of nitrogens with one attached hydrogen (secondary N) is 1. The minimum absolute atomic E-state index is 0.191. The van der Waals surface area contributed by atoms with Gasteiger partial charge in [-0.25, -0.2) is 0 Å². The Hall–Kier alpha value is -2.93. The smallest absolute Gasteiger partial charge is 0.261 e. The van der Waals surface area contributed by atoms with E-state index in [-0.39, 0.29) is 12.5 Å². The van der Waals surface area contributed by atoms with E-state index in [2.05, 4.69) is 34.7 Å². The summed E-state index contributed by atoms with van der Waals surface area (Å²) in [5.74, 6) is 0.388. The van der Waals surface area contributed by atoms with Crippen molar-refractivity contribution < 1.29 is 14.1 Å². The van der Waals surface area contributed by atoms with Gasteiger partial charge in [0.15, 0.2) is 5.76 Å². The number of rotatable bonds is 7. The monoisotopic (exact) mass is 438 g/mol. The number of benzene rings is 2. The Bertz CT molecular complexity index is 1150. The first kappa shape index (κ1) is 20.3. The van der Waals surface area contributed by atoms with Gasteiger partial charge in [0, 0.05) is 18.7 Å². The molecule has 152 valence electrons. The summed E-state index contributed by atoms with van der Waals surface area (Å²) in [5.41, 5.74) is 5.05. The Labute approximate surface area is 183 Å². The van der Waals surface area contributed by atoms with E-state index in [0.29, 0.717) is 21.6 Å². The zero-order valence-electron chi connectivity index (χ0n) is 16.2. The fourth-order valence-electron chi connectivity index (χ4n) is 3.13. The number of carbonyl (C=O) groups excluding carboxylic acids is 1. The maximum Gasteiger partial charge on any atom is 0.261 e. The van der Waals surface area contributed by atoms with Gasteiger partial charge in [-0.3, -0.25) is 4.79 Å². The molecule has 0 radical (unpaired) electrons. The molecule has 1 N–H and O–H groups in total. The van der Waals surface area contributed by atoms with Crippen LogP contribution in [0.1, 0.15) is 21.0 Å². The number of halogens is 1. The number of ether oxygens (including phenoxy) is 1. The highest BCUT2D eigenvalue weighted by Crippen LogP contribution is 2.27. The van der Waals surface area contributed by atoms with Gasteiger partial charge in [0.25, 0.3) is 5.91 Å². The predicted octanol–water partition coefficient (Wildman–Crippen LogP) is 5.80. The standard InChI is InChI=1S/C23H19ClN2O3S/c1-28-14-17-4-2-3-5-19(17)15-6-8-16(9-7-15)20-12-18(29-26-20)13-25-23(27)21-10-11-22(24)30-21/h2-12H,13-14H2,1H3,(H,25,27). The van der Waals surface area contributed by atoms with E-state index in [1.807, 2.05) is 30.3 Å². The molecule has 0 aliphatic heterocycles. The van der Waals surface area contributed by atoms with Crippen molar-refractivity contribution in [3.63, 3.8) is 0 Å². The molecule has 0 spiro atoms. The molecule has 0 atom stereocenters. The van der Waals surface area contributed by atoms with E-state index < -0.39 is 0 Å². The molecule has 2 aromatic carbocycles. The average Bonchev–Trinajstić information content (AvgIpc) is 3.42. The number of hydrogen-bond acceptors (Lipinski definition) is 5. The molecular formula is C23H19ClN2O3S. The summed E-state index contributed by atoms with van der Waals surface area (Å²) in [7, 11) is 1.69. The molecule has 4 rings (SSSR count). The maximum atomic E-state index is 12.1. The Morgan fingerprint density at radius 3 is 2.60 bits per heavy atom. The van der Waals surface area contributed by atoms with Crippen molar-refractivity contribution in [1.82, 2.24) is 10.5 Å². The molecular weight excluding hydrogens is 420 g/mol. The minimum atomic E-state index is -0.191. The van der Waals surface area contributed by atoms with Crippen molar-refractivity contribution in [2.75, 3.05) is 7.11 Å². The van der Waals surface area contributed by atoms with E-state index in [9.17, 15) is 4.79 Å². The Morgan fingerprint density at radius 2 is 1.87 bits per heavy atom. The summed E-state index contributed by atoms with van der Waals surface area (Å²) in [6.07, 6.45) is 0. The third kappa shape index (κ3) is 4.62. The number of hydrogen-bond donors (Lipinski definition) is 1. The molecule has 0 saturated heterocycles. The van der Waals surface area contributed by atoms with Crippen LogP contribution in [0.2, 0.25) is 4.34 Å². The zero-order valence-corrected chi connectivity index (χ0v) is 17.8. The highest BCUT2D eigenvalue weighted by molar-refractivity contribution is 7.17. The molecule has 2 heterocycles. The zero-order chi connectivity index (χ0) is 20.9. The van der Waals surface area contributed by atoms with Crippen molar-refractivity contribution in [2.45, 2.75) is 13.2 Å². The topological polar surface area (TPSA) is 64.4 Å². The molecule has 1 amide bonds. The fraction of sp³-hybridized carbons (Fsp3) is 0.130. The number of aromatic nitrogens is 1. The molecule has 7 heteroatoms. The number of carbonyl (C=O) groups is 1. The van der Waals surface area contributed by atoms with Crippen LogP contribution in [0.5, 0.6) is 0 Å². The van der Waals surface area contributed by atoms with Crippen LogP contribution in [0.15, 0.2) is 71.3 Å². The van der Waals surface area contributed by atoms with Gasteiger partial charge in [-0.15, -0.1) is 11.3 Å². The molecule has 0 unspecified atom stereocenters. The van der Waals surface area contributed by atoms with Crippen LogP contribution in [0.3, 0.4) is 0 Å². The summed E-state index contributed by atoms with van der Waals surface area (Å²) in [4.78, 5) is 12.7. The minimum Gasteiger partial charge on any atom is -0.380 e. The van der Waals surface area contributed by atoms with Crippen molar-refractivity contribution in [2.24, 2.45) is 0 Å². The van der Waals surface area contributed by atoms with E-state index in [0.717, 1.165) is 27.9 Å². The first-order valence-corrected chi connectivity index (χ1v) is 10.5. The molecule has 4 aromatic rings. The molecule has 0 aliphatic carbocycles. The Kier molecular flexibility index (Phi) is 6.28. The first-order valence-electron chi connectivity index (χ1n) is 9.31. The third-order valence-corrected chi connectivity index (χ3v) is 5.82. The van der Waals surface area contributed by atoms with Crippen LogP contribution in [0, 0.1) is 0 Å². The van der Waals surface area contributed by atoms with Gasteiger partial charge in [-0.1, -0.05) is 65.3 Å². The normalized spacial score (nSPS) is 10.9. The lowest BCUT2D eigenvalue weighted by Crippen LogP contribution is -2.21. The fourth-order valence-corrected chi connectivity index (χ4v) is 4.09. The number of methoxy groups -OCH3 is 1. The number of thiophene rings is 1. The van der Waals surface area contributed by atoms with Crippen LogP contribution in [0.4, 0.5) is 0 Å². The second-order valence-corrected chi connectivity index (χ2v) is 8.35. The van der Waals surface area contributed by atoms with Gasteiger partial charge >= 0.3 is 0 Å². The van der Waals surface area contributed by atoms with E-state index >= 15 is 0 Å². The molecule has 0 bridgehead atoms. The van der Waals surface area contributed by atoms with Crippen LogP contribution in [0.25, 0.3) is 22.4 Å². The van der Waals surface area contributed by atoms with Gasteiger partial charge in [0.1, 0.15) is 5.69 Å². The Balaban J connectivity index is 1.44. The van der Waals surface area contributed by atoms with E-state index in [1.165, 1.54) is 11.3 Å². The average molecular weight is 439 g/mol. The largest absolute Gasteiger partial charge is 0.380 e. The second kappa shape index (κ2) is 9.26. The predicted molar refractivity (Wildman–Crippen MR) is 119 cm³/mol. The van der Waals surface area contributed by atoms with Crippen LogP contribution in [-0.2, 0) is 17.9 Å². The molecule has 0 fully saturated rings. The summed E-state index contributed by atoms with van der Waals surface area (Å²) in [6.45, 7) is 0.817. The second-order valence-electron chi connectivity index (χ2n) is 6.63. The van der Waals surface area contributed by atoms with Gasteiger partial charge in [0.05, 0.1) is 22.4 Å². The lowest BCUT2D eigenvalue weighted by atomic mass is 9.98. The maximum absolute atomic E-state index is 12.1. The number of amides is 1. The third-order valence-electron chi connectivity index (χ3n) is 4.59. The van der Waals surface area contributed by atoms with Gasteiger partial charge in [0.2, 0.25) is 0 Å². The highest BCUT2D eigenvalue weighted by Gasteiger charge is 2.12. The summed E-state index contributed by atoms with van der Waals surface area (Å²) < 4.78 is 11.2. The van der Waals surface area contributed by atoms with Crippen LogP contribution < -0.4 is 5.32 Å². The quantitative estimate of drug-likeness (QED) is 0.396. The van der Waals surface area contributed by atoms with Crippen molar-refractivity contribution in [1.29, 1.82) is 0 Å². The first-order chi connectivity index (χ1) is 14.6. The van der Waals surface area contributed by atoms with Gasteiger partial charge in [-0.05, 0) is 28.8 Å². The molecule has 0 aliphatic rings. The van der Waals surface area contributed by atoms with E-state index in [1.54, 1.807) is 19.2 Å². The Morgan fingerprint density at radius 1 is 1.10 bits per heavy atom. The van der Waals surface area contributed by atoms with Crippen LogP contribution >= 0.6 is 22.9 Å². The van der Waals surface area contributed by atoms with Crippen molar-refractivity contribution >= 4 is 28.8 Å². The van der Waals surface area contributed by atoms with Crippen molar-refractivity contribution in [3.8, 4) is 22.4 Å².